The quantitative estimate of drug-likeness (QED) is 0.727. The zero-order valence-electron chi connectivity index (χ0n) is 13.2. The van der Waals surface area contributed by atoms with Gasteiger partial charge in [-0.15, -0.1) is 0 Å². The van der Waals surface area contributed by atoms with Crippen molar-refractivity contribution >= 4 is 22.8 Å². The zero-order valence-corrected chi connectivity index (χ0v) is 13.2. The van der Waals surface area contributed by atoms with Gasteiger partial charge in [-0.05, 0) is 24.3 Å². The second-order valence-corrected chi connectivity index (χ2v) is 5.35. The van der Waals surface area contributed by atoms with Crippen molar-refractivity contribution in [3.63, 3.8) is 0 Å². The van der Waals surface area contributed by atoms with Gasteiger partial charge >= 0.3 is 5.97 Å². The number of hydrogen-bond donors (Lipinski definition) is 1. The summed E-state index contributed by atoms with van der Waals surface area (Å²) < 4.78 is 18.3. The summed E-state index contributed by atoms with van der Waals surface area (Å²) in [5.74, 6) is -1.64. The van der Waals surface area contributed by atoms with Gasteiger partial charge in [-0.1, -0.05) is 30.3 Å². The standard InChI is InChI=1S/C19H15FN2O3/c20-16-8-2-5-14(10-16)19(24)22-11-17(23)25-12-15-6-1-4-13-7-3-9-21-18(13)15/h1-10H,11-12H2,(H,22,24). The molecule has 0 fully saturated rings. The van der Waals surface area contributed by atoms with Crippen molar-refractivity contribution in [2.75, 3.05) is 6.54 Å². The lowest BCUT2D eigenvalue weighted by Gasteiger charge is -2.08. The SMILES string of the molecule is O=C(CNC(=O)c1cccc(F)c1)OCc1cccc2cccnc12. The number of pyridine rings is 1. The second kappa shape index (κ2) is 7.53. The maximum atomic E-state index is 13.1. The largest absolute Gasteiger partial charge is 0.459 e. The van der Waals surface area contributed by atoms with E-state index in [2.05, 4.69) is 10.3 Å². The van der Waals surface area contributed by atoms with E-state index in [9.17, 15) is 14.0 Å². The van der Waals surface area contributed by atoms with Gasteiger partial charge < -0.3 is 10.1 Å². The zero-order chi connectivity index (χ0) is 17.6. The fourth-order valence-electron chi connectivity index (χ4n) is 2.38. The number of ether oxygens (including phenoxy) is 1. The Bertz CT molecular complexity index is 922. The maximum absolute atomic E-state index is 13.1. The molecule has 2 aromatic carbocycles. The second-order valence-electron chi connectivity index (χ2n) is 5.35. The van der Waals surface area contributed by atoms with Crippen LogP contribution in [0.15, 0.2) is 60.8 Å². The number of aromatic nitrogens is 1. The van der Waals surface area contributed by atoms with Crippen molar-refractivity contribution in [1.29, 1.82) is 0 Å². The highest BCUT2D eigenvalue weighted by Gasteiger charge is 2.10. The summed E-state index contributed by atoms with van der Waals surface area (Å²) >= 11 is 0. The van der Waals surface area contributed by atoms with E-state index in [1.165, 1.54) is 18.2 Å². The molecule has 0 atom stereocenters. The number of para-hydroxylation sites is 1. The van der Waals surface area contributed by atoms with E-state index in [1.807, 2.05) is 30.3 Å². The summed E-state index contributed by atoms with van der Waals surface area (Å²) in [6.45, 7) is -0.240. The minimum absolute atomic E-state index is 0.0586. The van der Waals surface area contributed by atoms with Gasteiger partial charge in [0.2, 0.25) is 0 Å². The fraction of sp³-hybridized carbons (Fsp3) is 0.105. The average molecular weight is 338 g/mol. The first-order valence-electron chi connectivity index (χ1n) is 7.65. The van der Waals surface area contributed by atoms with E-state index in [0.717, 1.165) is 22.5 Å². The van der Waals surface area contributed by atoms with Gasteiger partial charge in [0.1, 0.15) is 19.0 Å². The molecule has 1 aromatic heterocycles. The summed E-state index contributed by atoms with van der Waals surface area (Å²) in [5.41, 5.74) is 1.69. The molecule has 0 spiro atoms. The average Bonchev–Trinajstić information content (AvgIpc) is 2.64. The summed E-state index contributed by atoms with van der Waals surface area (Å²) in [6.07, 6.45) is 1.67. The first kappa shape index (κ1) is 16.6. The van der Waals surface area contributed by atoms with Crippen molar-refractivity contribution in [1.82, 2.24) is 10.3 Å². The number of hydrogen-bond acceptors (Lipinski definition) is 4. The number of fused-ring (bicyclic) bond motifs is 1. The lowest BCUT2D eigenvalue weighted by molar-refractivity contribution is -0.143. The van der Waals surface area contributed by atoms with E-state index in [0.29, 0.717) is 0 Å². The smallest absolute Gasteiger partial charge is 0.325 e. The van der Waals surface area contributed by atoms with Crippen LogP contribution in [-0.2, 0) is 16.1 Å². The lowest BCUT2D eigenvalue weighted by Crippen LogP contribution is -2.30. The Balaban J connectivity index is 1.55. The molecule has 1 amide bonds. The molecule has 1 N–H and O–H groups in total. The highest BCUT2D eigenvalue weighted by molar-refractivity contribution is 5.95. The van der Waals surface area contributed by atoms with Crippen LogP contribution in [0.3, 0.4) is 0 Å². The number of rotatable bonds is 5. The number of esters is 1. The number of halogens is 1. The van der Waals surface area contributed by atoms with Crippen molar-refractivity contribution in [3.8, 4) is 0 Å². The highest BCUT2D eigenvalue weighted by Crippen LogP contribution is 2.16. The van der Waals surface area contributed by atoms with Crippen LogP contribution in [0.1, 0.15) is 15.9 Å². The molecule has 126 valence electrons. The Kier molecular flexibility index (Phi) is 4.99. The molecule has 0 aliphatic rings. The molecule has 0 aliphatic heterocycles. The molecule has 25 heavy (non-hydrogen) atoms. The summed E-state index contributed by atoms with van der Waals surface area (Å²) in [4.78, 5) is 28.0. The van der Waals surface area contributed by atoms with E-state index in [4.69, 9.17) is 4.74 Å². The van der Waals surface area contributed by atoms with Crippen molar-refractivity contribution in [2.24, 2.45) is 0 Å². The summed E-state index contributed by atoms with van der Waals surface area (Å²) in [5, 5.41) is 3.36. The molecule has 6 heteroatoms. The van der Waals surface area contributed by atoms with Crippen LogP contribution in [0.4, 0.5) is 4.39 Å². The Morgan fingerprint density at radius 3 is 2.72 bits per heavy atom. The molecule has 0 saturated carbocycles. The number of benzene rings is 2. The molecule has 0 aliphatic carbocycles. The van der Waals surface area contributed by atoms with Gasteiger partial charge in [-0.2, -0.15) is 0 Å². The predicted molar refractivity (Wildman–Crippen MR) is 90.3 cm³/mol. The number of nitrogens with zero attached hydrogens (tertiary/aromatic N) is 1. The predicted octanol–water partition coefficient (Wildman–Crippen LogP) is 2.85. The van der Waals surface area contributed by atoms with Crippen molar-refractivity contribution < 1.29 is 18.7 Å². The molecular weight excluding hydrogens is 323 g/mol. The third-order valence-corrected chi connectivity index (χ3v) is 3.59. The Morgan fingerprint density at radius 1 is 1.08 bits per heavy atom. The number of carbonyl (C=O) groups is 2. The topological polar surface area (TPSA) is 68.3 Å². The fourth-order valence-corrected chi connectivity index (χ4v) is 2.38. The maximum Gasteiger partial charge on any atom is 0.325 e. The van der Waals surface area contributed by atoms with E-state index >= 15 is 0 Å². The third-order valence-electron chi connectivity index (χ3n) is 3.59. The highest BCUT2D eigenvalue weighted by atomic mass is 19.1. The molecule has 0 unspecified atom stereocenters. The Labute approximate surface area is 143 Å². The lowest BCUT2D eigenvalue weighted by atomic mass is 10.1. The molecule has 0 saturated heterocycles. The number of amides is 1. The summed E-state index contributed by atoms with van der Waals surface area (Å²) in [6, 6.07) is 14.6. The Hall–Kier alpha value is -3.28. The molecular formula is C19H15FN2O3. The first-order chi connectivity index (χ1) is 12.1. The van der Waals surface area contributed by atoms with E-state index in [1.54, 1.807) is 6.20 Å². The van der Waals surface area contributed by atoms with Crippen LogP contribution in [0, 0.1) is 5.82 Å². The normalized spacial score (nSPS) is 10.4. The number of carbonyl (C=O) groups excluding carboxylic acids is 2. The van der Waals surface area contributed by atoms with Crippen LogP contribution in [-0.4, -0.2) is 23.4 Å². The van der Waals surface area contributed by atoms with Gasteiger partial charge in [-0.3, -0.25) is 14.6 Å². The van der Waals surface area contributed by atoms with E-state index in [-0.39, 0.29) is 18.7 Å². The van der Waals surface area contributed by atoms with Crippen LogP contribution < -0.4 is 5.32 Å². The van der Waals surface area contributed by atoms with Crippen LogP contribution in [0.25, 0.3) is 10.9 Å². The molecule has 5 nitrogen and oxygen atoms in total. The molecule has 3 rings (SSSR count). The first-order valence-corrected chi connectivity index (χ1v) is 7.65. The number of nitrogens with one attached hydrogen (secondary N) is 1. The molecule has 1 heterocycles. The van der Waals surface area contributed by atoms with E-state index < -0.39 is 17.7 Å². The molecule has 0 bridgehead atoms. The van der Waals surface area contributed by atoms with Crippen molar-refractivity contribution in [3.05, 3.63) is 77.7 Å². The van der Waals surface area contributed by atoms with Gasteiger partial charge in [0.25, 0.3) is 5.91 Å². The van der Waals surface area contributed by atoms with Gasteiger partial charge in [0.15, 0.2) is 0 Å². The van der Waals surface area contributed by atoms with Crippen LogP contribution in [0.5, 0.6) is 0 Å². The molecule has 3 aromatic rings. The van der Waals surface area contributed by atoms with Crippen LogP contribution >= 0.6 is 0 Å². The monoisotopic (exact) mass is 338 g/mol. The summed E-state index contributed by atoms with van der Waals surface area (Å²) in [7, 11) is 0. The minimum atomic E-state index is -0.585. The van der Waals surface area contributed by atoms with Gasteiger partial charge in [0.05, 0.1) is 5.52 Å². The molecule has 0 radical (unpaired) electrons. The Morgan fingerprint density at radius 2 is 1.88 bits per heavy atom. The van der Waals surface area contributed by atoms with Gasteiger partial charge in [0, 0.05) is 22.7 Å². The van der Waals surface area contributed by atoms with Crippen molar-refractivity contribution in [2.45, 2.75) is 6.61 Å². The van der Waals surface area contributed by atoms with Crippen LogP contribution in [0.2, 0.25) is 0 Å². The van der Waals surface area contributed by atoms with Gasteiger partial charge in [-0.25, -0.2) is 4.39 Å². The third kappa shape index (κ3) is 4.17. The minimum Gasteiger partial charge on any atom is -0.459 e.